The molecule has 3 heterocycles. The topological polar surface area (TPSA) is 108 Å². The monoisotopic (exact) mass is 649 g/mol. The maximum atomic E-state index is 14.3. The second kappa shape index (κ2) is 13.4. The molecule has 2 aromatic heterocycles. The highest BCUT2D eigenvalue weighted by molar-refractivity contribution is 6.76. The van der Waals surface area contributed by atoms with Crippen LogP contribution in [-0.2, 0) is 27.1 Å². The fourth-order valence-corrected chi connectivity index (χ4v) is 5.76. The molecule has 1 N–H and O–H groups in total. The summed E-state index contributed by atoms with van der Waals surface area (Å²) in [6.45, 7) is 13.4. The number of anilines is 1. The number of methoxy groups -OCH3 is 1. The summed E-state index contributed by atoms with van der Waals surface area (Å²) in [6.07, 6.45) is -1.50. The fraction of sp³-hybridized carbons (Fsp3) is 0.548. The Morgan fingerprint density at radius 2 is 1.89 bits per heavy atom. The van der Waals surface area contributed by atoms with Crippen LogP contribution >= 0.6 is 0 Å². The van der Waals surface area contributed by atoms with Gasteiger partial charge in [0.15, 0.2) is 0 Å². The molecule has 1 atom stereocenters. The van der Waals surface area contributed by atoms with Gasteiger partial charge in [-0.05, 0) is 51.8 Å². The number of esters is 1. The van der Waals surface area contributed by atoms with Crippen LogP contribution in [0, 0.1) is 0 Å². The number of aromatic nitrogens is 3. The lowest BCUT2D eigenvalue weighted by Crippen LogP contribution is -2.47. The van der Waals surface area contributed by atoms with Crippen molar-refractivity contribution in [3.63, 3.8) is 0 Å². The minimum atomic E-state index is -4.74. The fourth-order valence-electron chi connectivity index (χ4n) is 5.01. The quantitative estimate of drug-likeness (QED) is 0.150. The van der Waals surface area contributed by atoms with Crippen LogP contribution in [0.1, 0.15) is 49.5 Å². The summed E-state index contributed by atoms with van der Waals surface area (Å²) in [4.78, 5) is 34.9. The van der Waals surface area contributed by atoms with E-state index in [2.05, 4.69) is 34.9 Å². The summed E-state index contributed by atoms with van der Waals surface area (Å²) >= 11 is 0. The smallest absolute Gasteiger partial charge is 0.419 e. The molecule has 1 saturated heterocycles. The second-order valence-electron chi connectivity index (χ2n) is 13.4. The van der Waals surface area contributed by atoms with Gasteiger partial charge in [-0.1, -0.05) is 25.7 Å². The maximum Gasteiger partial charge on any atom is 0.419 e. The van der Waals surface area contributed by atoms with E-state index in [1.54, 1.807) is 48.6 Å². The molecule has 0 aliphatic carbocycles. The molecule has 4 rings (SSSR count). The highest BCUT2D eigenvalue weighted by Crippen LogP contribution is 2.40. The molecule has 14 heteroatoms. The van der Waals surface area contributed by atoms with Gasteiger partial charge in [0.05, 0.1) is 23.9 Å². The Hall–Kier alpha value is -3.65. The second-order valence-corrected chi connectivity index (χ2v) is 19.1. The molecule has 1 amide bonds. The van der Waals surface area contributed by atoms with Crippen molar-refractivity contribution >= 4 is 37.0 Å². The van der Waals surface area contributed by atoms with Crippen LogP contribution in [0.25, 0.3) is 22.2 Å². The molecule has 0 spiro atoms. The zero-order valence-electron chi connectivity index (χ0n) is 26.9. The highest BCUT2D eigenvalue weighted by atomic mass is 28.3. The van der Waals surface area contributed by atoms with Crippen LogP contribution in [0.5, 0.6) is 0 Å². The van der Waals surface area contributed by atoms with Crippen LogP contribution in [0.3, 0.4) is 0 Å². The van der Waals surface area contributed by atoms with E-state index in [1.807, 2.05) is 0 Å². The molecular formula is C31H42F3N5O5Si. The Morgan fingerprint density at radius 1 is 1.16 bits per heavy atom. The number of nitrogens with one attached hydrogen (secondary N) is 1. The summed E-state index contributed by atoms with van der Waals surface area (Å²) < 4.78 is 61.0. The van der Waals surface area contributed by atoms with Crippen LogP contribution < -0.4 is 5.32 Å². The third-order valence-electron chi connectivity index (χ3n) is 7.29. The van der Waals surface area contributed by atoms with Crippen molar-refractivity contribution in [1.29, 1.82) is 0 Å². The molecule has 0 saturated carbocycles. The number of carbonyl (C=O) groups excluding carboxylic acids is 2. The number of hydrogen-bond acceptors (Lipinski definition) is 8. The van der Waals surface area contributed by atoms with E-state index in [4.69, 9.17) is 14.2 Å². The number of amides is 1. The number of piperidine rings is 1. The van der Waals surface area contributed by atoms with Crippen molar-refractivity contribution in [3.8, 4) is 11.3 Å². The predicted molar refractivity (Wildman–Crippen MR) is 168 cm³/mol. The number of alkyl halides is 3. The van der Waals surface area contributed by atoms with Crippen LogP contribution in [0.15, 0.2) is 30.6 Å². The molecule has 246 valence electrons. The number of halogens is 3. The van der Waals surface area contributed by atoms with Crippen LogP contribution in [-0.4, -0.2) is 78.0 Å². The number of ether oxygens (including phenoxy) is 3. The number of fused-ring (bicyclic) bond motifs is 1. The standard InChI is InChI=1S/C31H42F3N5O5Si/c1-30(2,3)44-29(41)38-12-8-9-21(17-38)36-28-35-16-24(31(32,33)34)26(37-28)23-18-39(19-43-13-14-45(5,6)7)25-15-20(27(40)42-4)10-11-22(23)25/h10-11,15-16,18,21H,8-9,12-14,17,19H2,1-7H3,(H,35,36,37)/t21-/m0/s1. The molecule has 1 aliphatic heterocycles. The lowest BCUT2D eigenvalue weighted by Gasteiger charge is -2.34. The van der Waals surface area contributed by atoms with Gasteiger partial charge in [-0.15, -0.1) is 0 Å². The maximum absolute atomic E-state index is 14.3. The van der Waals surface area contributed by atoms with Crippen molar-refractivity contribution in [1.82, 2.24) is 19.4 Å². The number of nitrogens with zero attached hydrogens (tertiary/aromatic N) is 4. The van der Waals surface area contributed by atoms with Gasteiger partial charge in [0.1, 0.15) is 17.9 Å². The van der Waals surface area contributed by atoms with Crippen molar-refractivity contribution in [3.05, 3.63) is 41.7 Å². The molecule has 10 nitrogen and oxygen atoms in total. The summed E-state index contributed by atoms with van der Waals surface area (Å²) in [7, 11) is -0.109. The molecule has 0 radical (unpaired) electrons. The van der Waals surface area contributed by atoms with Crippen molar-refractivity contribution in [2.45, 2.75) is 83.8 Å². The molecular weight excluding hydrogens is 607 g/mol. The summed E-state index contributed by atoms with van der Waals surface area (Å²) in [5.41, 5.74) is -0.987. The molecule has 1 aliphatic rings. The van der Waals surface area contributed by atoms with E-state index in [9.17, 15) is 22.8 Å². The molecule has 0 unspecified atom stereocenters. The predicted octanol–water partition coefficient (Wildman–Crippen LogP) is 7.03. The Morgan fingerprint density at radius 3 is 2.53 bits per heavy atom. The summed E-state index contributed by atoms with van der Waals surface area (Å²) in [5.74, 6) is -0.559. The van der Waals surface area contributed by atoms with E-state index in [1.165, 1.54) is 13.2 Å². The first kappa shape index (κ1) is 34.2. The summed E-state index contributed by atoms with van der Waals surface area (Å²) in [5, 5.41) is 3.59. The van der Waals surface area contributed by atoms with Gasteiger partial charge < -0.3 is 29.0 Å². The van der Waals surface area contributed by atoms with E-state index < -0.39 is 37.5 Å². The van der Waals surface area contributed by atoms with Crippen molar-refractivity contribution < 1.29 is 37.0 Å². The average Bonchev–Trinajstić information content (AvgIpc) is 3.30. The van der Waals surface area contributed by atoms with Gasteiger partial charge in [0.2, 0.25) is 5.95 Å². The first-order chi connectivity index (χ1) is 20.9. The molecule has 1 aromatic carbocycles. The average molecular weight is 650 g/mol. The third-order valence-corrected chi connectivity index (χ3v) is 8.99. The van der Waals surface area contributed by atoms with Crippen LogP contribution in [0.2, 0.25) is 25.7 Å². The van der Waals surface area contributed by atoms with E-state index in [-0.39, 0.29) is 35.5 Å². The molecule has 3 aromatic rings. The first-order valence-corrected chi connectivity index (χ1v) is 18.6. The van der Waals surface area contributed by atoms with Crippen molar-refractivity contribution in [2.24, 2.45) is 0 Å². The van der Waals surface area contributed by atoms with Gasteiger partial charge in [0.25, 0.3) is 0 Å². The van der Waals surface area contributed by atoms with Gasteiger partial charge in [0, 0.05) is 57.2 Å². The van der Waals surface area contributed by atoms with E-state index in [0.717, 1.165) is 12.2 Å². The number of rotatable bonds is 9. The molecule has 45 heavy (non-hydrogen) atoms. The number of benzene rings is 1. The largest absolute Gasteiger partial charge is 0.465 e. The van der Waals surface area contributed by atoms with Crippen LogP contribution in [0.4, 0.5) is 23.9 Å². The number of carbonyl (C=O) groups is 2. The van der Waals surface area contributed by atoms with E-state index >= 15 is 0 Å². The SMILES string of the molecule is COC(=O)c1ccc2c(-c3nc(N[C@H]4CCCN(C(=O)OC(C)(C)C)C4)ncc3C(F)(F)F)cn(COCC[Si](C)(C)C)c2c1. The minimum absolute atomic E-state index is 0.00695. The molecule has 1 fully saturated rings. The minimum Gasteiger partial charge on any atom is -0.465 e. The lowest BCUT2D eigenvalue weighted by atomic mass is 10.0. The highest BCUT2D eigenvalue weighted by Gasteiger charge is 2.37. The Kier molecular flexibility index (Phi) is 10.2. The Bertz CT molecular complexity index is 1530. The molecule has 0 bridgehead atoms. The van der Waals surface area contributed by atoms with Gasteiger partial charge >= 0.3 is 18.2 Å². The first-order valence-electron chi connectivity index (χ1n) is 14.9. The lowest BCUT2D eigenvalue weighted by molar-refractivity contribution is -0.137. The number of hydrogen-bond donors (Lipinski definition) is 1. The van der Waals surface area contributed by atoms with Gasteiger partial charge in [-0.2, -0.15) is 13.2 Å². The Balaban J connectivity index is 1.70. The van der Waals surface area contributed by atoms with Gasteiger partial charge in [-0.3, -0.25) is 0 Å². The zero-order valence-corrected chi connectivity index (χ0v) is 27.9. The normalized spacial score (nSPS) is 16.1. The number of likely N-dealkylation sites (tertiary alicyclic amines) is 1. The third kappa shape index (κ3) is 8.97. The van der Waals surface area contributed by atoms with Crippen molar-refractivity contribution in [2.75, 3.05) is 32.1 Å². The summed E-state index contributed by atoms with van der Waals surface area (Å²) in [6, 6.07) is 5.30. The Labute approximate surface area is 262 Å². The van der Waals surface area contributed by atoms with Gasteiger partial charge in [-0.25, -0.2) is 19.6 Å². The van der Waals surface area contributed by atoms with E-state index in [0.29, 0.717) is 43.4 Å². The zero-order chi connectivity index (χ0) is 33.2.